The average molecular weight is 230 g/mol. The molecule has 94 valence electrons. The van der Waals surface area contributed by atoms with E-state index in [1.165, 1.54) is 0 Å². The highest BCUT2D eigenvalue weighted by atomic mass is 16.6. The van der Waals surface area contributed by atoms with Crippen molar-refractivity contribution in [3.8, 4) is 0 Å². The summed E-state index contributed by atoms with van der Waals surface area (Å²) in [5, 5.41) is 0. The molecule has 2 N–H and O–H groups in total. The molecule has 1 fully saturated rings. The van der Waals surface area contributed by atoms with Crippen molar-refractivity contribution < 1.29 is 14.3 Å². The molecule has 0 aromatic carbocycles. The van der Waals surface area contributed by atoms with Crippen LogP contribution in [-0.2, 0) is 9.47 Å². The summed E-state index contributed by atoms with van der Waals surface area (Å²) in [4.78, 5) is 13.5. The standard InChI is InChI=1S/C11H22N2O3/c1-10(2,3)16-9(14)13-7-8(6-12)15-11(13,4)5/h8H,6-7,12H2,1-5H3/t8-/m1/s1. The number of carbonyl (C=O) groups is 1. The highest BCUT2D eigenvalue weighted by Crippen LogP contribution is 2.28. The van der Waals surface area contributed by atoms with Crippen LogP contribution in [0.4, 0.5) is 4.79 Å². The van der Waals surface area contributed by atoms with Crippen LogP contribution in [0.15, 0.2) is 0 Å². The Bertz CT molecular complexity index is 271. The summed E-state index contributed by atoms with van der Waals surface area (Å²) in [6.45, 7) is 10.1. The molecule has 0 aliphatic carbocycles. The maximum Gasteiger partial charge on any atom is 0.412 e. The van der Waals surface area contributed by atoms with E-state index < -0.39 is 11.3 Å². The summed E-state index contributed by atoms with van der Waals surface area (Å²) >= 11 is 0. The Morgan fingerprint density at radius 2 is 2.12 bits per heavy atom. The highest BCUT2D eigenvalue weighted by Gasteiger charge is 2.43. The minimum Gasteiger partial charge on any atom is -0.444 e. The second-order valence-electron chi connectivity index (χ2n) is 5.51. The minimum atomic E-state index is -0.646. The third-order valence-electron chi connectivity index (χ3n) is 2.37. The van der Waals surface area contributed by atoms with Crippen molar-refractivity contribution in [2.75, 3.05) is 13.1 Å². The van der Waals surface area contributed by atoms with E-state index in [1.807, 2.05) is 34.6 Å². The van der Waals surface area contributed by atoms with Crippen molar-refractivity contribution >= 4 is 6.09 Å². The van der Waals surface area contributed by atoms with Crippen molar-refractivity contribution in [1.29, 1.82) is 0 Å². The van der Waals surface area contributed by atoms with E-state index >= 15 is 0 Å². The lowest BCUT2D eigenvalue weighted by molar-refractivity contribution is -0.0761. The van der Waals surface area contributed by atoms with Crippen molar-refractivity contribution in [3.63, 3.8) is 0 Å². The number of hydrogen-bond donors (Lipinski definition) is 1. The van der Waals surface area contributed by atoms with Gasteiger partial charge in [0.05, 0.1) is 12.6 Å². The number of ether oxygens (including phenoxy) is 2. The Morgan fingerprint density at radius 3 is 2.50 bits per heavy atom. The number of rotatable bonds is 1. The Morgan fingerprint density at radius 1 is 1.56 bits per heavy atom. The number of nitrogens with two attached hydrogens (primary N) is 1. The zero-order valence-corrected chi connectivity index (χ0v) is 10.7. The Labute approximate surface area is 96.9 Å². The van der Waals surface area contributed by atoms with Gasteiger partial charge in [0, 0.05) is 6.54 Å². The van der Waals surface area contributed by atoms with Gasteiger partial charge in [0.25, 0.3) is 0 Å². The van der Waals surface area contributed by atoms with Crippen LogP contribution in [0.2, 0.25) is 0 Å². The predicted molar refractivity (Wildman–Crippen MR) is 60.9 cm³/mol. The fraction of sp³-hybridized carbons (Fsp3) is 0.909. The number of nitrogens with zero attached hydrogens (tertiary/aromatic N) is 1. The molecule has 16 heavy (non-hydrogen) atoms. The highest BCUT2D eigenvalue weighted by molar-refractivity contribution is 5.69. The molecule has 1 aliphatic heterocycles. The maximum atomic E-state index is 11.9. The largest absolute Gasteiger partial charge is 0.444 e. The SMILES string of the molecule is CC(C)(C)OC(=O)N1C[C@@H](CN)OC1(C)C. The fourth-order valence-corrected chi connectivity index (χ4v) is 1.67. The number of hydrogen-bond acceptors (Lipinski definition) is 4. The quantitative estimate of drug-likeness (QED) is 0.737. The van der Waals surface area contributed by atoms with Gasteiger partial charge in [0.2, 0.25) is 0 Å². The van der Waals surface area contributed by atoms with Gasteiger partial charge >= 0.3 is 6.09 Å². The average Bonchev–Trinajstić information content (AvgIpc) is 2.37. The first-order valence-electron chi connectivity index (χ1n) is 5.54. The third-order valence-corrected chi connectivity index (χ3v) is 2.37. The molecule has 1 amide bonds. The molecule has 5 heteroatoms. The van der Waals surface area contributed by atoms with Gasteiger partial charge in [-0.2, -0.15) is 0 Å². The van der Waals surface area contributed by atoms with Crippen molar-refractivity contribution in [1.82, 2.24) is 4.90 Å². The van der Waals surface area contributed by atoms with Crippen LogP contribution in [0.25, 0.3) is 0 Å². The molecule has 5 nitrogen and oxygen atoms in total. The molecule has 1 aliphatic rings. The number of amides is 1. The molecule has 1 heterocycles. The second kappa shape index (κ2) is 4.22. The van der Waals surface area contributed by atoms with E-state index in [1.54, 1.807) is 4.90 Å². The molecular formula is C11H22N2O3. The second-order valence-corrected chi connectivity index (χ2v) is 5.51. The summed E-state index contributed by atoms with van der Waals surface area (Å²) in [6.07, 6.45) is -0.462. The third kappa shape index (κ3) is 3.09. The normalized spacial score (nSPS) is 24.6. The van der Waals surface area contributed by atoms with Gasteiger partial charge in [-0.3, -0.25) is 4.90 Å². The fourth-order valence-electron chi connectivity index (χ4n) is 1.67. The molecule has 1 rings (SSSR count). The minimum absolute atomic E-state index is 0.109. The van der Waals surface area contributed by atoms with Gasteiger partial charge in [-0.25, -0.2) is 4.79 Å². The molecule has 1 saturated heterocycles. The van der Waals surface area contributed by atoms with Crippen LogP contribution < -0.4 is 5.73 Å². The summed E-state index contributed by atoms with van der Waals surface area (Å²) in [7, 11) is 0. The molecule has 1 atom stereocenters. The van der Waals surface area contributed by atoms with E-state index in [2.05, 4.69) is 0 Å². The monoisotopic (exact) mass is 230 g/mol. The summed E-state index contributed by atoms with van der Waals surface area (Å²) < 4.78 is 11.0. The van der Waals surface area contributed by atoms with Crippen LogP contribution in [0, 0.1) is 0 Å². The Balaban J connectivity index is 2.69. The lowest BCUT2D eigenvalue weighted by Gasteiger charge is -2.31. The zero-order valence-electron chi connectivity index (χ0n) is 10.7. The van der Waals surface area contributed by atoms with Crippen LogP contribution in [-0.4, -0.2) is 41.5 Å². The van der Waals surface area contributed by atoms with Crippen LogP contribution in [0.1, 0.15) is 34.6 Å². The maximum absolute atomic E-state index is 11.9. The van der Waals surface area contributed by atoms with Gasteiger partial charge in [0.15, 0.2) is 0 Å². The molecule has 0 aromatic rings. The lowest BCUT2D eigenvalue weighted by Crippen LogP contribution is -2.46. The lowest BCUT2D eigenvalue weighted by atomic mass is 10.2. The molecule has 0 spiro atoms. The van der Waals surface area contributed by atoms with E-state index in [-0.39, 0.29) is 12.2 Å². The molecule has 0 aromatic heterocycles. The first-order valence-corrected chi connectivity index (χ1v) is 5.54. The van der Waals surface area contributed by atoms with Gasteiger partial charge in [-0.15, -0.1) is 0 Å². The summed E-state index contributed by atoms with van der Waals surface area (Å²) in [5.41, 5.74) is 4.40. The van der Waals surface area contributed by atoms with E-state index in [9.17, 15) is 4.79 Å². The van der Waals surface area contributed by atoms with Crippen molar-refractivity contribution in [3.05, 3.63) is 0 Å². The molecule has 0 bridgehead atoms. The molecule has 0 saturated carbocycles. The van der Waals surface area contributed by atoms with Crippen LogP contribution in [0.3, 0.4) is 0 Å². The Kier molecular flexibility index (Phi) is 3.50. The van der Waals surface area contributed by atoms with Gasteiger partial charge in [-0.05, 0) is 34.6 Å². The zero-order chi connectivity index (χ0) is 12.6. The Hall–Kier alpha value is -0.810. The molecular weight excluding hydrogens is 208 g/mol. The summed E-state index contributed by atoms with van der Waals surface area (Å²) in [5.74, 6) is 0. The van der Waals surface area contributed by atoms with Crippen LogP contribution >= 0.6 is 0 Å². The van der Waals surface area contributed by atoms with E-state index in [0.29, 0.717) is 13.1 Å². The van der Waals surface area contributed by atoms with Gasteiger partial charge in [0.1, 0.15) is 11.3 Å². The van der Waals surface area contributed by atoms with Crippen molar-refractivity contribution in [2.45, 2.75) is 52.0 Å². The molecule has 0 unspecified atom stereocenters. The van der Waals surface area contributed by atoms with Gasteiger partial charge < -0.3 is 15.2 Å². The van der Waals surface area contributed by atoms with E-state index in [4.69, 9.17) is 15.2 Å². The molecule has 0 radical (unpaired) electrons. The first kappa shape index (κ1) is 13.3. The first-order chi connectivity index (χ1) is 7.15. The summed E-state index contributed by atoms with van der Waals surface area (Å²) in [6, 6.07) is 0. The number of carbonyl (C=O) groups excluding carboxylic acids is 1. The van der Waals surface area contributed by atoms with E-state index in [0.717, 1.165) is 0 Å². The van der Waals surface area contributed by atoms with Crippen LogP contribution in [0.5, 0.6) is 0 Å². The van der Waals surface area contributed by atoms with Gasteiger partial charge in [-0.1, -0.05) is 0 Å². The smallest absolute Gasteiger partial charge is 0.412 e. The topological polar surface area (TPSA) is 64.8 Å². The van der Waals surface area contributed by atoms with Crippen molar-refractivity contribution in [2.24, 2.45) is 5.73 Å². The predicted octanol–water partition coefficient (Wildman–Crippen LogP) is 1.32.